The lowest BCUT2D eigenvalue weighted by Crippen LogP contribution is -2.50. The Bertz CT molecular complexity index is 1260. The van der Waals surface area contributed by atoms with E-state index in [0.717, 1.165) is 37.1 Å². The second-order valence-corrected chi connectivity index (χ2v) is 12.4. The molecule has 1 aliphatic carbocycles. The van der Waals surface area contributed by atoms with Crippen LogP contribution >= 0.6 is 0 Å². The molecule has 0 spiro atoms. The van der Waals surface area contributed by atoms with E-state index < -0.39 is 15.8 Å². The third-order valence-corrected chi connectivity index (χ3v) is 8.18. The summed E-state index contributed by atoms with van der Waals surface area (Å²) in [7, 11) is -3.36. The topological polar surface area (TPSA) is 83.9 Å². The smallest absolute Gasteiger partial charge is 0.309 e. The number of carboxylic acids is 1. The number of nitrogens with zero attached hydrogens (tertiary/aromatic N) is 1. The number of ether oxygens (including phenoxy) is 1. The zero-order valence-corrected chi connectivity index (χ0v) is 21.8. The van der Waals surface area contributed by atoms with E-state index in [1.165, 1.54) is 28.5 Å². The molecule has 6 nitrogen and oxygen atoms in total. The zero-order valence-electron chi connectivity index (χ0n) is 21.0. The van der Waals surface area contributed by atoms with Gasteiger partial charge in [0, 0.05) is 31.5 Å². The van der Waals surface area contributed by atoms with Gasteiger partial charge in [-0.2, -0.15) is 0 Å². The summed E-state index contributed by atoms with van der Waals surface area (Å²) in [6.07, 6.45) is 3.94. The highest BCUT2D eigenvalue weighted by molar-refractivity contribution is 7.90. The predicted molar refractivity (Wildman–Crippen MR) is 137 cm³/mol. The Morgan fingerprint density at radius 3 is 2.54 bits per heavy atom. The number of carboxylic acid groups (broad SMARTS) is 1. The molecule has 1 saturated heterocycles. The summed E-state index contributed by atoms with van der Waals surface area (Å²) in [5, 5.41) is 9.10. The Morgan fingerprint density at radius 2 is 1.89 bits per heavy atom. The van der Waals surface area contributed by atoms with Crippen molar-refractivity contribution in [3.05, 3.63) is 64.2 Å². The Balaban J connectivity index is 1.46. The van der Waals surface area contributed by atoms with Crippen molar-refractivity contribution in [3.8, 4) is 5.75 Å². The van der Waals surface area contributed by atoms with Crippen molar-refractivity contribution in [2.75, 3.05) is 25.9 Å². The van der Waals surface area contributed by atoms with Crippen LogP contribution in [0.4, 0.5) is 0 Å². The Labute approximate surface area is 208 Å². The van der Waals surface area contributed by atoms with Crippen molar-refractivity contribution in [2.24, 2.45) is 11.8 Å². The predicted octanol–water partition coefficient (Wildman–Crippen LogP) is 4.60. The van der Waals surface area contributed by atoms with Crippen molar-refractivity contribution < 1.29 is 23.1 Å². The highest BCUT2D eigenvalue weighted by atomic mass is 32.2. The van der Waals surface area contributed by atoms with Crippen LogP contribution in [0.3, 0.4) is 0 Å². The lowest BCUT2D eigenvalue weighted by molar-refractivity contribution is -0.147. The van der Waals surface area contributed by atoms with E-state index in [1.54, 1.807) is 6.07 Å². The Kier molecular flexibility index (Phi) is 7.38. The number of hydrogen-bond acceptors (Lipinski definition) is 5. The quantitative estimate of drug-likeness (QED) is 0.545. The molecule has 1 heterocycles. The van der Waals surface area contributed by atoms with Gasteiger partial charge in [-0.1, -0.05) is 37.6 Å². The average Bonchev–Trinajstić information content (AvgIpc) is 2.75. The number of rotatable bonds is 9. The van der Waals surface area contributed by atoms with Crippen molar-refractivity contribution in [1.29, 1.82) is 0 Å². The van der Waals surface area contributed by atoms with Gasteiger partial charge in [0.1, 0.15) is 12.4 Å². The summed E-state index contributed by atoms with van der Waals surface area (Å²) in [6, 6.07) is 11.7. The lowest BCUT2D eigenvalue weighted by Gasteiger charge is -2.38. The second-order valence-electron chi connectivity index (χ2n) is 10.4. The van der Waals surface area contributed by atoms with E-state index in [0.29, 0.717) is 29.5 Å². The SMILES string of the molecule is CC1=C(CN2CC(C(=O)O)C2)CCc2cc(OCc3ccc(CC(C)C)cc3S(C)(=O)=O)ccc21. The molecule has 35 heavy (non-hydrogen) atoms. The van der Waals surface area contributed by atoms with Gasteiger partial charge in [0.15, 0.2) is 9.84 Å². The second kappa shape index (κ2) is 10.2. The number of allylic oxidation sites excluding steroid dienone is 1. The minimum Gasteiger partial charge on any atom is -0.489 e. The van der Waals surface area contributed by atoms with Crippen molar-refractivity contribution in [1.82, 2.24) is 4.90 Å². The van der Waals surface area contributed by atoms with Crippen LogP contribution in [0.2, 0.25) is 0 Å². The van der Waals surface area contributed by atoms with Gasteiger partial charge in [0.2, 0.25) is 0 Å². The molecular formula is C28H35NO5S. The van der Waals surface area contributed by atoms with E-state index >= 15 is 0 Å². The first kappa shape index (κ1) is 25.5. The van der Waals surface area contributed by atoms with E-state index in [4.69, 9.17) is 9.84 Å². The van der Waals surface area contributed by atoms with Gasteiger partial charge in [-0.15, -0.1) is 0 Å². The molecule has 2 aromatic carbocycles. The van der Waals surface area contributed by atoms with Crippen molar-refractivity contribution in [2.45, 2.75) is 51.5 Å². The van der Waals surface area contributed by atoms with Crippen LogP contribution in [0.5, 0.6) is 5.75 Å². The highest BCUT2D eigenvalue weighted by Crippen LogP contribution is 2.35. The maximum atomic E-state index is 12.4. The van der Waals surface area contributed by atoms with Crippen LogP contribution < -0.4 is 4.74 Å². The minimum atomic E-state index is -3.36. The third-order valence-electron chi connectivity index (χ3n) is 7.00. The number of benzene rings is 2. The number of sulfone groups is 1. The first-order chi connectivity index (χ1) is 16.5. The van der Waals surface area contributed by atoms with Gasteiger partial charge in [-0.25, -0.2) is 8.42 Å². The summed E-state index contributed by atoms with van der Waals surface area (Å²) in [6.45, 7) is 8.65. The van der Waals surface area contributed by atoms with Crippen molar-refractivity contribution in [3.63, 3.8) is 0 Å². The van der Waals surface area contributed by atoms with Crippen LogP contribution in [0.1, 0.15) is 49.4 Å². The van der Waals surface area contributed by atoms with Crippen LogP contribution in [-0.4, -0.2) is 50.3 Å². The summed E-state index contributed by atoms with van der Waals surface area (Å²) in [4.78, 5) is 13.6. The molecule has 1 N–H and O–H groups in total. The molecule has 7 heteroatoms. The van der Waals surface area contributed by atoms with E-state index in [9.17, 15) is 13.2 Å². The van der Waals surface area contributed by atoms with Crippen LogP contribution in [0.15, 0.2) is 46.9 Å². The van der Waals surface area contributed by atoms with Gasteiger partial charge in [-0.05, 0) is 72.6 Å². The molecule has 0 radical (unpaired) electrons. The molecule has 188 valence electrons. The van der Waals surface area contributed by atoms with Crippen molar-refractivity contribution >= 4 is 21.4 Å². The van der Waals surface area contributed by atoms with Gasteiger partial charge >= 0.3 is 5.97 Å². The van der Waals surface area contributed by atoms with Crippen LogP contribution in [0, 0.1) is 11.8 Å². The molecule has 0 bridgehead atoms. The summed E-state index contributed by atoms with van der Waals surface area (Å²) < 4.78 is 30.9. The zero-order chi connectivity index (χ0) is 25.3. The maximum absolute atomic E-state index is 12.4. The standard InChI is InChI=1S/C28H35NO5S/c1-18(2)11-20-5-6-23(27(12-20)35(4,32)33)17-34-25-9-10-26-19(3)22(8-7-21(26)13-25)14-29-15-24(16-29)28(30)31/h5-6,9-10,12-13,18,24H,7-8,11,14-17H2,1-4H3,(H,30,31). The first-order valence-electron chi connectivity index (χ1n) is 12.2. The molecule has 2 aromatic rings. The summed E-state index contributed by atoms with van der Waals surface area (Å²) >= 11 is 0. The molecule has 4 rings (SSSR count). The number of aryl methyl sites for hydroxylation is 1. The number of fused-ring (bicyclic) bond motifs is 1. The average molecular weight is 498 g/mol. The molecule has 1 fully saturated rings. The number of carbonyl (C=O) groups is 1. The van der Waals surface area contributed by atoms with Gasteiger partial charge in [0.25, 0.3) is 0 Å². The maximum Gasteiger partial charge on any atom is 0.309 e. The molecule has 0 amide bonds. The number of aliphatic carboxylic acids is 1. The minimum absolute atomic E-state index is 0.197. The van der Waals surface area contributed by atoms with Gasteiger partial charge < -0.3 is 9.84 Å². The summed E-state index contributed by atoms with van der Waals surface area (Å²) in [5.41, 5.74) is 6.76. The molecule has 0 saturated carbocycles. The number of hydrogen-bond donors (Lipinski definition) is 1. The highest BCUT2D eigenvalue weighted by Gasteiger charge is 2.33. The normalized spacial score (nSPS) is 16.8. The number of likely N-dealkylation sites (tertiary alicyclic amines) is 1. The fourth-order valence-electron chi connectivity index (χ4n) is 5.04. The van der Waals surface area contributed by atoms with E-state index in [-0.39, 0.29) is 12.5 Å². The monoisotopic (exact) mass is 497 g/mol. The van der Waals surface area contributed by atoms with Crippen LogP contribution in [-0.2, 0) is 34.1 Å². The molecular weight excluding hydrogens is 462 g/mol. The molecule has 0 aromatic heterocycles. The molecule has 1 aliphatic heterocycles. The summed E-state index contributed by atoms with van der Waals surface area (Å²) in [5.74, 6) is 0.244. The van der Waals surface area contributed by atoms with Gasteiger partial charge in [-0.3, -0.25) is 9.69 Å². The Morgan fingerprint density at radius 1 is 1.14 bits per heavy atom. The van der Waals surface area contributed by atoms with Crippen LogP contribution in [0.25, 0.3) is 5.57 Å². The molecule has 2 aliphatic rings. The van der Waals surface area contributed by atoms with Gasteiger partial charge in [0.05, 0.1) is 10.8 Å². The largest absolute Gasteiger partial charge is 0.489 e. The molecule has 0 atom stereocenters. The first-order valence-corrected chi connectivity index (χ1v) is 14.1. The fraction of sp³-hybridized carbons (Fsp3) is 0.464. The third kappa shape index (κ3) is 5.96. The Hall–Kier alpha value is -2.64. The van der Waals surface area contributed by atoms with E-state index in [2.05, 4.69) is 37.8 Å². The van der Waals surface area contributed by atoms with E-state index in [1.807, 2.05) is 18.2 Å². The lowest BCUT2D eigenvalue weighted by atomic mass is 9.85. The molecule has 0 unspecified atom stereocenters. The fourth-order valence-corrected chi connectivity index (χ4v) is 6.01.